The van der Waals surface area contributed by atoms with Crippen LogP contribution in [-0.4, -0.2) is 21.0 Å². The topological polar surface area (TPSA) is 50.7 Å². The average Bonchev–Trinajstić information content (AvgIpc) is 3.04. The number of anilines is 1. The van der Waals surface area contributed by atoms with Gasteiger partial charge in [-0.1, -0.05) is 6.07 Å². The summed E-state index contributed by atoms with van der Waals surface area (Å²) >= 11 is 1.51. The fourth-order valence-corrected chi connectivity index (χ4v) is 2.82. The van der Waals surface area contributed by atoms with Gasteiger partial charge in [-0.2, -0.15) is 11.3 Å². The Morgan fingerprint density at radius 2 is 2.23 bits per heavy atom. The van der Waals surface area contributed by atoms with Gasteiger partial charge in [-0.05, 0) is 36.4 Å². The van der Waals surface area contributed by atoms with Crippen molar-refractivity contribution in [2.45, 2.75) is 19.4 Å². The summed E-state index contributed by atoms with van der Waals surface area (Å²) in [7, 11) is 0. The number of aromatic nitrogens is 3. The van der Waals surface area contributed by atoms with Gasteiger partial charge in [0.25, 0.3) is 0 Å². The van der Waals surface area contributed by atoms with Crippen LogP contribution in [0.2, 0.25) is 0 Å². The van der Waals surface area contributed by atoms with E-state index >= 15 is 0 Å². The number of rotatable bonds is 5. The summed E-state index contributed by atoms with van der Waals surface area (Å²) in [6, 6.07) is 5.89. The third kappa shape index (κ3) is 3.46. The Balaban J connectivity index is 1.74. The Kier molecular flexibility index (Phi) is 4.39. The monoisotopic (exact) mass is 314 g/mol. The van der Waals surface area contributed by atoms with Crippen molar-refractivity contribution in [3.63, 3.8) is 0 Å². The minimum Gasteiger partial charge on any atom is -0.351 e. The fourth-order valence-electron chi connectivity index (χ4n) is 2.18. The smallest absolute Gasteiger partial charge is 0.223 e. The standard InChI is InChI=1S/C16H15FN4S/c1-11(7-12-3-2-5-18-8-12)20-16-19-9-14(17)15(21-16)13-4-6-22-10-13/h2-6,8-11H,7H2,1H3,(H,19,20,21). The van der Waals surface area contributed by atoms with Crippen LogP contribution in [0.15, 0.2) is 47.5 Å². The molecule has 0 aromatic carbocycles. The predicted molar refractivity (Wildman–Crippen MR) is 86.3 cm³/mol. The third-order valence-corrected chi connectivity index (χ3v) is 3.86. The van der Waals surface area contributed by atoms with E-state index < -0.39 is 5.82 Å². The highest BCUT2D eigenvalue weighted by molar-refractivity contribution is 7.08. The predicted octanol–water partition coefficient (Wildman–Crippen LogP) is 3.78. The van der Waals surface area contributed by atoms with Gasteiger partial charge in [0, 0.05) is 29.4 Å². The molecule has 0 aliphatic heterocycles. The summed E-state index contributed by atoms with van der Waals surface area (Å²) in [6.07, 6.45) is 5.58. The first-order chi connectivity index (χ1) is 10.7. The third-order valence-electron chi connectivity index (χ3n) is 3.18. The Hall–Kier alpha value is -2.34. The van der Waals surface area contributed by atoms with Gasteiger partial charge in [0.1, 0.15) is 5.69 Å². The molecule has 0 aliphatic carbocycles. The van der Waals surface area contributed by atoms with Gasteiger partial charge in [-0.3, -0.25) is 4.98 Å². The maximum absolute atomic E-state index is 13.9. The van der Waals surface area contributed by atoms with Gasteiger partial charge in [0.2, 0.25) is 5.95 Å². The van der Waals surface area contributed by atoms with Crippen molar-refractivity contribution in [2.24, 2.45) is 0 Å². The number of nitrogens with one attached hydrogen (secondary N) is 1. The molecule has 0 spiro atoms. The summed E-state index contributed by atoms with van der Waals surface area (Å²) in [5, 5.41) is 6.97. The molecule has 112 valence electrons. The molecule has 3 heterocycles. The number of hydrogen-bond donors (Lipinski definition) is 1. The van der Waals surface area contributed by atoms with Crippen molar-refractivity contribution in [3.05, 3.63) is 58.9 Å². The molecule has 3 aromatic rings. The molecule has 3 rings (SSSR count). The molecule has 0 amide bonds. The molecule has 1 atom stereocenters. The molecular weight excluding hydrogens is 299 g/mol. The van der Waals surface area contributed by atoms with Crippen molar-refractivity contribution in [1.82, 2.24) is 15.0 Å². The second-order valence-corrected chi connectivity index (χ2v) is 5.79. The summed E-state index contributed by atoms with van der Waals surface area (Å²) in [5.41, 5.74) is 2.22. The molecule has 0 fully saturated rings. The SMILES string of the molecule is CC(Cc1cccnc1)Nc1ncc(F)c(-c2ccsc2)n1. The maximum atomic E-state index is 13.9. The van der Waals surface area contributed by atoms with E-state index in [0.29, 0.717) is 11.6 Å². The molecule has 0 aliphatic rings. The van der Waals surface area contributed by atoms with Crippen molar-refractivity contribution in [3.8, 4) is 11.3 Å². The van der Waals surface area contributed by atoms with Crippen molar-refractivity contribution < 1.29 is 4.39 Å². The second-order valence-electron chi connectivity index (χ2n) is 5.01. The van der Waals surface area contributed by atoms with E-state index in [2.05, 4.69) is 20.3 Å². The molecule has 22 heavy (non-hydrogen) atoms. The number of nitrogens with zero attached hydrogens (tertiary/aromatic N) is 3. The normalized spacial score (nSPS) is 12.1. The number of thiophene rings is 1. The summed E-state index contributed by atoms with van der Waals surface area (Å²) in [4.78, 5) is 12.4. The molecule has 0 radical (unpaired) electrons. The lowest BCUT2D eigenvalue weighted by atomic mass is 10.1. The average molecular weight is 314 g/mol. The molecule has 0 bridgehead atoms. The summed E-state index contributed by atoms with van der Waals surface area (Å²) in [5.74, 6) is 0.0165. The number of halogens is 1. The van der Waals surface area contributed by atoms with Crippen LogP contribution in [-0.2, 0) is 6.42 Å². The van der Waals surface area contributed by atoms with E-state index in [1.165, 1.54) is 17.5 Å². The lowest BCUT2D eigenvalue weighted by Gasteiger charge is -2.14. The molecule has 0 saturated heterocycles. The first-order valence-electron chi connectivity index (χ1n) is 6.93. The molecule has 3 aromatic heterocycles. The lowest BCUT2D eigenvalue weighted by Crippen LogP contribution is -2.20. The lowest BCUT2D eigenvalue weighted by molar-refractivity contribution is 0.617. The van der Waals surface area contributed by atoms with Gasteiger partial charge in [0.05, 0.1) is 6.20 Å². The van der Waals surface area contributed by atoms with Crippen LogP contribution in [0.5, 0.6) is 0 Å². The number of hydrogen-bond acceptors (Lipinski definition) is 5. The summed E-state index contributed by atoms with van der Waals surface area (Å²) in [6.45, 7) is 2.03. The molecular formula is C16H15FN4S. The maximum Gasteiger partial charge on any atom is 0.223 e. The van der Waals surface area contributed by atoms with Crippen LogP contribution in [0.1, 0.15) is 12.5 Å². The fraction of sp³-hybridized carbons (Fsp3) is 0.188. The van der Waals surface area contributed by atoms with Crippen molar-refractivity contribution in [1.29, 1.82) is 0 Å². The Morgan fingerprint density at radius 3 is 2.95 bits per heavy atom. The van der Waals surface area contributed by atoms with Crippen LogP contribution in [0.3, 0.4) is 0 Å². The highest BCUT2D eigenvalue weighted by Crippen LogP contribution is 2.23. The molecule has 1 unspecified atom stereocenters. The van der Waals surface area contributed by atoms with Crippen LogP contribution >= 0.6 is 11.3 Å². The minimum absolute atomic E-state index is 0.116. The van der Waals surface area contributed by atoms with Crippen LogP contribution < -0.4 is 5.32 Å². The van der Waals surface area contributed by atoms with Crippen LogP contribution in [0.4, 0.5) is 10.3 Å². The minimum atomic E-state index is -0.413. The largest absolute Gasteiger partial charge is 0.351 e. The zero-order valence-electron chi connectivity index (χ0n) is 12.0. The highest BCUT2D eigenvalue weighted by atomic mass is 32.1. The Morgan fingerprint density at radius 1 is 1.32 bits per heavy atom. The van der Waals surface area contributed by atoms with Gasteiger partial charge in [-0.15, -0.1) is 0 Å². The van der Waals surface area contributed by atoms with Gasteiger partial charge >= 0.3 is 0 Å². The van der Waals surface area contributed by atoms with Crippen molar-refractivity contribution >= 4 is 17.3 Å². The van der Waals surface area contributed by atoms with Gasteiger partial charge in [0.15, 0.2) is 5.82 Å². The van der Waals surface area contributed by atoms with Gasteiger partial charge < -0.3 is 5.32 Å². The second kappa shape index (κ2) is 6.62. The molecule has 1 N–H and O–H groups in total. The molecule has 6 heteroatoms. The van der Waals surface area contributed by atoms with Crippen molar-refractivity contribution in [2.75, 3.05) is 5.32 Å². The Labute approximate surface area is 132 Å². The zero-order valence-corrected chi connectivity index (χ0v) is 12.8. The molecule has 4 nitrogen and oxygen atoms in total. The highest BCUT2D eigenvalue weighted by Gasteiger charge is 2.11. The molecule has 0 saturated carbocycles. The first kappa shape index (κ1) is 14.6. The summed E-state index contributed by atoms with van der Waals surface area (Å²) < 4.78 is 13.9. The van der Waals surface area contributed by atoms with E-state index in [1.54, 1.807) is 6.20 Å². The van der Waals surface area contributed by atoms with Gasteiger partial charge in [-0.25, -0.2) is 14.4 Å². The first-order valence-corrected chi connectivity index (χ1v) is 7.87. The van der Waals surface area contributed by atoms with Crippen LogP contribution in [0, 0.1) is 5.82 Å². The van der Waals surface area contributed by atoms with E-state index in [0.717, 1.165) is 17.5 Å². The Bertz CT molecular complexity index is 731. The van der Waals surface area contributed by atoms with E-state index in [9.17, 15) is 4.39 Å². The van der Waals surface area contributed by atoms with E-state index in [-0.39, 0.29) is 6.04 Å². The zero-order chi connectivity index (χ0) is 15.4. The van der Waals surface area contributed by atoms with E-state index in [4.69, 9.17) is 0 Å². The number of pyridine rings is 1. The van der Waals surface area contributed by atoms with Crippen LogP contribution in [0.25, 0.3) is 11.3 Å². The quantitative estimate of drug-likeness (QED) is 0.778. The van der Waals surface area contributed by atoms with E-state index in [1.807, 2.05) is 42.1 Å².